The molecule has 178 valence electrons. The van der Waals surface area contributed by atoms with Crippen LogP contribution in [0.25, 0.3) is 0 Å². The van der Waals surface area contributed by atoms with E-state index in [0.29, 0.717) is 50.6 Å². The van der Waals surface area contributed by atoms with Crippen molar-refractivity contribution in [3.05, 3.63) is 54.6 Å². The maximum atomic E-state index is 13.4. The van der Waals surface area contributed by atoms with Gasteiger partial charge in [0.15, 0.2) is 0 Å². The van der Waals surface area contributed by atoms with Crippen molar-refractivity contribution in [2.45, 2.75) is 31.6 Å². The van der Waals surface area contributed by atoms with Gasteiger partial charge in [-0.1, -0.05) is 18.2 Å². The third-order valence-electron chi connectivity index (χ3n) is 5.51. The number of carbonyl (C=O) groups excluding carboxylic acids is 2. The number of anilines is 1. The number of hydrogen-bond acceptors (Lipinski definition) is 6. The van der Waals surface area contributed by atoms with E-state index in [0.717, 1.165) is 4.31 Å². The number of hydrogen-bond donors (Lipinski definition) is 0. The van der Waals surface area contributed by atoms with Crippen LogP contribution in [0, 0.1) is 5.92 Å². The van der Waals surface area contributed by atoms with Gasteiger partial charge in [-0.25, -0.2) is 8.42 Å². The van der Waals surface area contributed by atoms with Gasteiger partial charge in [-0.05, 0) is 63.1 Å². The van der Waals surface area contributed by atoms with Crippen molar-refractivity contribution < 1.29 is 27.5 Å². The summed E-state index contributed by atoms with van der Waals surface area (Å²) < 4.78 is 38.5. The van der Waals surface area contributed by atoms with E-state index < -0.39 is 10.0 Å². The number of rotatable bonds is 9. The van der Waals surface area contributed by atoms with Crippen LogP contribution in [0.2, 0.25) is 0 Å². The van der Waals surface area contributed by atoms with Crippen LogP contribution in [0.15, 0.2) is 59.5 Å². The fourth-order valence-electron chi connectivity index (χ4n) is 3.76. The molecule has 2 aromatic carbocycles. The second-order valence-corrected chi connectivity index (χ2v) is 9.52. The summed E-state index contributed by atoms with van der Waals surface area (Å²) in [6.07, 6.45) is 0.998. The fraction of sp³-hybridized carbons (Fsp3) is 0.417. The number of sulfonamides is 1. The van der Waals surface area contributed by atoms with Crippen LogP contribution in [0.4, 0.5) is 5.69 Å². The lowest BCUT2D eigenvalue weighted by Gasteiger charge is -2.33. The molecular weight excluding hydrogens is 444 g/mol. The van der Waals surface area contributed by atoms with E-state index in [-0.39, 0.29) is 29.2 Å². The van der Waals surface area contributed by atoms with Gasteiger partial charge in [0.2, 0.25) is 5.91 Å². The molecule has 1 aliphatic heterocycles. The number of benzene rings is 2. The molecule has 1 fully saturated rings. The minimum Gasteiger partial charge on any atom is -0.494 e. The first kappa shape index (κ1) is 24.6. The normalized spacial score (nSPS) is 14.5. The number of carbonyl (C=O) groups is 2. The molecule has 3 rings (SSSR count). The van der Waals surface area contributed by atoms with Crippen molar-refractivity contribution in [1.29, 1.82) is 0 Å². The monoisotopic (exact) mass is 474 g/mol. The van der Waals surface area contributed by atoms with Gasteiger partial charge < -0.3 is 14.4 Å². The van der Waals surface area contributed by atoms with Crippen LogP contribution in [-0.4, -0.2) is 58.0 Å². The second kappa shape index (κ2) is 11.2. The van der Waals surface area contributed by atoms with E-state index in [1.165, 1.54) is 12.1 Å². The highest BCUT2D eigenvalue weighted by molar-refractivity contribution is 7.92. The maximum absolute atomic E-state index is 13.4. The summed E-state index contributed by atoms with van der Waals surface area (Å²) in [5.41, 5.74) is 0.372. The van der Waals surface area contributed by atoms with Crippen molar-refractivity contribution >= 4 is 27.6 Å². The number of esters is 1. The summed E-state index contributed by atoms with van der Waals surface area (Å²) in [5.74, 6) is -0.173. The van der Waals surface area contributed by atoms with Crippen LogP contribution in [-0.2, 0) is 24.3 Å². The van der Waals surface area contributed by atoms with Gasteiger partial charge in [-0.3, -0.25) is 13.9 Å². The summed E-state index contributed by atoms with van der Waals surface area (Å²) >= 11 is 0. The van der Waals surface area contributed by atoms with Crippen molar-refractivity contribution in [2.75, 3.05) is 37.2 Å². The molecule has 0 N–H and O–H groups in total. The summed E-state index contributed by atoms with van der Waals surface area (Å²) in [7, 11) is -3.97. The zero-order chi connectivity index (χ0) is 23.8. The summed E-state index contributed by atoms with van der Waals surface area (Å²) in [5, 5.41) is 0. The molecule has 0 aromatic heterocycles. The summed E-state index contributed by atoms with van der Waals surface area (Å²) in [6, 6.07) is 14.7. The Bertz CT molecular complexity index is 1030. The predicted molar refractivity (Wildman–Crippen MR) is 125 cm³/mol. The van der Waals surface area contributed by atoms with Crippen molar-refractivity contribution in [2.24, 2.45) is 5.92 Å². The van der Waals surface area contributed by atoms with E-state index >= 15 is 0 Å². The first-order valence-corrected chi connectivity index (χ1v) is 12.6. The molecule has 1 saturated heterocycles. The van der Waals surface area contributed by atoms with Crippen molar-refractivity contribution in [3.63, 3.8) is 0 Å². The summed E-state index contributed by atoms with van der Waals surface area (Å²) in [6.45, 7) is 4.87. The highest BCUT2D eigenvalue weighted by Crippen LogP contribution is 2.27. The van der Waals surface area contributed by atoms with Gasteiger partial charge in [-0.2, -0.15) is 0 Å². The number of amides is 1. The molecule has 0 atom stereocenters. The first-order valence-electron chi connectivity index (χ1n) is 11.1. The minimum absolute atomic E-state index is 0.104. The average molecular weight is 475 g/mol. The highest BCUT2D eigenvalue weighted by atomic mass is 32.2. The zero-order valence-corrected chi connectivity index (χ0v) is 19.8. The molecular formula is C24H30N2O6S. The van der Waals surface area contributed by atoms with E-state index in [1.807, 2.05) is 6.92 Å². The Hall–Kier alpha value is -3.07. The Balaban J connectivity index is 1.80. The molecule has 8 nitrogen and oxygen atoms in total. The topological polar surface area (TPSA) is 93.2 Å². The van der Waals surface area contributed by atoms with Gasteiger partial charge in [0, 0.05) is 13.1 Å². The quantitative estimate of drug-likeness (QED) is 0.519. The molecule has 0 aliphatic carbocycles. The van der Waals surface area contributed by atoms with Gasteiger partial charge in [-0.15, -0.1) is 0 Å². The maximum Gasteiger partial charge on any atom is 0.309 e. The number of likely N-dealkylation sites (tertiary alicyclic amines) is 1. The van der Waals surface area contributed by atoms with Crippen LogP contribution < -0.4 is 9.04 Å². The molecule has 1 aliphatic rings. The molecule has 9 heteroatoms. The third kappa shape index (κ3) is 6.04. The molecule has 0 spiro atoms. The Morgan fingerprint density at radius 1 is 0.970 bits per heavy atom. The molecule has 0 bridgehead atoms. The first-order chi connectivity index (χ1) is 15.9. The molecule has 0 saturated carbocycles. The molecule has 33 heavy (non-hydrogen) atoms. The summed E-state index contributed by atoms with van der Waals surface area (Å²) in [4.78, 5) is 26.8. The lowest BCUT2D eigenvalue weighted by molar-refractivity contribution is -0.151. The Kier molecular flexibility index (Phi) is 8.32. The number of ether oxygens (including phenoxy) is 2. The predicted octanol–water partition coefficient (Wildman–Crippen LogP) is 3.08. The lowest BCUT2D eigenvalue weighted by Crippen LogP contribution is -2.46. The van der Waals surface area contributed by atoms with Crippen molar-refractivity contribution in [1.82, 2.24) is 4.90 Å². The standard InChI is InChI=1S/C24H30N2O6S/c1-3-31-21-12-10-20(11-13-21)26(33(29,30)22-8-6-5-7-9-22)18-23(27)25-16-14-19(15-17-25)24(28)32-4-2/h5-13,19H,3-4,14-18H2,1-2H3. The largest absolute Gasteiger partial charge is 0.494 e. The number of piperidine rings is 1. The Morgan fingerprint density at radius 2 is 1.61 bits per heavy atom. The number of nitrogens with zero attached hydrogens (tertiary/aromatic N) is 2. The minimum atomic E-state index is -3.97. The molecule has 2 aromatic rings. The van der Waals surface area contributed by atoms with Gasteiger partial charge >= 0.3 is 5.97 Å². The van der Waals surface area contributed by atoms with Crippen LogP contribution in [0.1, 0.15) is 26.7 Å². The zero-order valence-electron chi connectivity index (χ0n) is 19.0. The van der Waals surface area contributed by atoms with Crippen LogP contribution in [0.3, 0.4) is 0 Å². The Morgan fingerprint density at radius 3 is 2.18 bits per heavy atom. The second-order valence-electron chi connectivity index (χ2n) is 7.66. The van der Waals surface area contributed by atoms with E-state index in [1.54, 1.807) is 54.3 Å². The third-order valence-corrected chi connectivity index (χ3v) is 7.30. The van der Waals surface area contributed by atoms with E-state index in [4.69, 9.17) is 9.47 Å². The lowest BCUT2D eigenvalue weighted by atomic mass is 9.97. The molecule has 0 radical (unpaired) electrons. The van der Waals surface area contributed by atoms with Crippen molar-refractivity contribution in [3.8, 4) is 5.75 Å². The smallest absolute Gasteiger partial charge is 0.309 e. The van der Waals surface area contributed by atoms with Crippen LogP contribution in [0.5, 0.6) is 5.75 Å². The Labute approximate surface area is 195 Å². The van der Waals surface area contributed by atoms with Crippen LogP contribution >= 0.6 is 0 Å². The van der Waals surface area contributed by atoms with E-state index in [2.05, 4.69) is 0 Å². The molecule has 1 heterocycles. The SMILES string of the molecule is CCOC(=O)C1CCN(C(=O)CN(c2ccc(OCC)cc2)S(=O)(=O)c2ccccc2)CC1. The highest BCUT2D eigenvalue weighted by Gasteiger charge is 2.32. The van der Waals surface area contributed by atoms with Gasteiger partial charge in [0.05, 0.1) is 29.7 Å². The van der Waals surface area contributed by atoms with Gasteiger partial charge in [0.1, 0.15) is 12.3 Å². The van der Waals surface area contributed by atoms with Gasteiger partial charge in [0.25, 0.3) is 10.0 Å². The molecule has 1 amide bonds. The molecule has 0 unspecified atom stereocenters. The average Bonchev–Trinajstić information content (AvgIpc) is 2.84. The fourth-order valence-corrected chi connectivity index (χ4v) is 5.19. The van der Waals surface area contributed by atoms with E-state index in [9.17, 15) is 18.0 Å².